The Morgan fingerprint density at radius 3 is 2.81 bits per heavy atom. The second kappa shape index (κ2) is 7.46. The minimum atomic E-state index is -0.536. The summed E-state index contributed by atoms with van der Waals surface area (Å²) < 4.78 is 13.9. The fourth-order valence-corrected chi connectivity index (χ4v) is 4.16. The summed E-state index contributed by atoms with van der Waals surface area (Å²) in [5, 5.41) is 8.84. The fourth-order valence-electron chi connectivity index (χ4n) is 4.16. The summed E-state index contributed by atoms with van der Waals surface area (Å²) in [4.78, 5) is 26.2. The Morgan fingerprint density at radius 1 is 1.16 bits per heavy atom. The predicted octanol–water partition coefficient (Wildman–Crippen LogP) is 2.88. The number of aromatic nitrogens is 3. The molecule has 158 valence electrons. The molecule has 0 spiro atoms. The van der Waals surface area contributed by atoms with Gasteiger partial charge in [-0.05, 0) is 30.2 Å². The number of fused-ring (bicyclic) bond motifs is 4. The molecule has 4 aromatic rings. The Balaban J connectivity index is 1.52. The van der Waals surface area contributed by atoms with Crippen LogP contribution >= 0.6 is 0 Å². The number of amides is 1. The minimum Gasteiger partial charge on any atom is -0.454 e. The van der Waals surface area contributed by atoms with Crippen LogP contribution in [0.25, 0.3) is 21.8 Å². The summed E-state index contributed by atoms with van der Waals surface area (Å²) >= 11 is 0. The quantitative estimate of drug-likeness (QED) is 0.539. The van der Waals surface area contributed by atoms with E-state index < -0.39 is 6.04 Å². The van der Waals surface area contributed by atoms with E-state index in [-0.39, 0.29) is 18.3 Å². The van der Waals surface area contributed by atoms with Crippen LogP contribution in [0.2, 0.25) is 0 Å². The fraction of sp³-hybridized carbons (Fsp3) is 0.261. The van der Waals surface area contributed by atoms with Crippen LogP contribution in [0.1, 0.15) is 24.9 Å². The van der Waals surface area contributed by atoms with Crippen molar-refractivity contribution in [1.82, 2.24) is 19.7 Å². The highest BCUT2D eigenvalue weighted by Crippen LogP contribution is 2.33. The minimum absolute atomic E-state index is 0.151. The normalized spacial score (nSPS) is 13.6. The van der Waals surface area contributed by atoms with E-state index in [4.69, 9.17) is 9.47 Å². The molecule has 5 rings (SSSR count). The first-order chi connectivity index (χ1) is 15.1. The van der Waals surface area contributed by atoms with Crippen LogP contribution in [0.5, 0.6) is 11.5 Å². The van der Waals surface area contributed by atoms with E-state index >= 15 is 0 Å². The summed E-state index contributed by atoms with van der Waals surface area (Å²) in [5.74, 6) is 1.23. The van der Waals surface area contributed by atoms with E-state index in [0.29, 0.717) is 30.0 Å². The van der Waals surface area contributed by atoms with E-state index in [1.165, 1.54) is 4.68 Å². The van der Waals surface area contributed by atoms with Gasteiger partial charge in [-0.2, -0.15) is 5.10 Å². The maximum Gasteiger partial charge on any atom is 0.291 e. The number of ether oxygens (including phenoxy) is 2. The van der Waals surface area contributed by atoms with Crippen molar-refractivity contribution in [3.63, 3.8) is 0 Å². The van der Waals surface area contributed by atoms with Gasteiger partial charge in [-0.15, -0.1) is 0 Å². The molecule has 0 radical (unpaired) electrons. The van der Waals surface area contributed by atoms with Gasteiger partial charge in [0.05, 0.1) is 11.7 Å². The zero-order chi connectivity index (χ0) is 21.5. The van der Waals surface area contributed by atoms with Gasteiger partial charge in [-0.25, -0.2) is 4.68 Å². The molecule has 0 saturated carbocycles. The van der Waals surface area contributed by atoms with Gasteiger partial charge in [-0.3, -0.25) is 9.59 Å². The number of para-hydroxylation sites is 1. The third-order valence-electron chi connectivity index (χ3n) is 5.71. The molecule has 8 heteroatoms. The Hall–Kier alpha value is -3.81. The maximum absolute atomic E-state index is 13.3. The number of aryl methyl sites for hydroxylation is 1. The average molecular weight is 418 g/mol. The van der Waals surface area contributed by atoms with Crippen LogP contribution in [0.3, 0.4) is 0 Å². The summed E-state index contributed by atoms with van der Waals surface area (Å²) in [6.45, 7) is 2.50. The molecular formula is C23H22N4O4. The Kier molecular flexibility index (Phi) is 4.62. The standard InChI is InChI=1S/C23H22N4O4/c1-3-17(22(28)24-11-14-8-9-19-20(10-14)31-13-30-19)27-18-7-5-4-6-15(18)16-12-25-26(2)23(29)21(16)27/h4-10,12,17H,3,11,13H2,1-2H3,(H,24,28)/t17-/m1/s1. The topological polar surface area (TPSA) is 87.4 Å². The molecule has 0 aliphatic carbocycles. The second-order valence-electron chi connectivity index (χ2n) is 7.55. The van der Waals surface area contributed by atoms with Crippen molar-refractivity contribution < 1.29 is 14.3 Å². The summed E-state index contributed by atoms with van der Waals surface area (Å²) in [5.41, 5.74) is 2.02. The summed E-state index contributed by atoms with van der Waals surface area (Å²) in [6, 6.07) is 12.8. The zero-order valence-electron chi connectivity index (χ0n) is 17.3. The number of hydrogen-bond acceptors (Lipinski definition) is 5. The highest BCUT2D eigenvalue weighted by Gasteiger charge is 2.25. The van der Waals surface area contributed by atoms with Crippen LogP contribution in [-0.2, 0) is 18.4 Å². The van der Waals surface area contributed by atoms with Gasteiger partial charge >= 0.3 is 0 Å². The number of rotatable bonds is 5. The van der Waals surface area contributed by atoms with Crippen LogP contribution in [-0.4, -0.2) is 27.0 Å². The largest absolute Gasteiger partial charge is 0.454 e. The van der Waals surface area contributed by atoms with Crippen molar-refractivity contribution in [3.05, 3.63) is 64.6 Å². The van der Waals surface area contributed by atoms with Crippen LogP contribution in [0, 0.1) is 0 Å². The highest BCUT2D eigenvalue weighted by atomic mass is 16.7. The summed E-state index contributed by atoms with van der Waals surface area (Å²) in [7, 11) is 1.62. The number of carbonyl (C=O) groups excluding carboxylic acids is 1. The average Bonchev–Trinajstić information content (AvgIpc) is 3.38. The van der Waals surface area contributed by atoms with Crippen molar-refractivity contribution in [2.45, 2.75) is 25.9 Å². The lowest BCUT2D eigenvalue weighted by Crippen LogP contribution is -2.33. The Bertz CT molecular complexity index is 1370. The molecule has 2 aromatic carbocycles. The number of hydrogen-bond donors (Lipinski definition) is 1. The molecule has 1 aliphatic rings. The molecule has 0 unspecified atom stereocenters. The monoisotopic (exact) mass is 418 g/mol. The third-order valence-corrected chi connectivity index (χ3v) is 5.71. The molecule has 3 heterocycles. The van der Waals surface area contributed by atoms with Crippen molar-refractivity contribution in [2.75, 3.05) is 6.79 Å². The van der Waals surface area contributed by atoms with Crippen molar-refractivity contribution in [1.29, 1.82) is 0 Å². The van der Waals surface area contributed by atoms with E-state index in [0.717, 1.165) is 21.9 Å². The van der Waals surface area contributed by atoms with Crippen LogP contribution in [0.4, 0.5) is 0 Å². The van der Waals surface area contributed by atoms with Crippen LogP contribution < -0.4 is 20.3 Å². The smallest absolute Gasteiger partial charge is 0.291 e. The number of benzene rings is 2. The van der Waals surface area contributed by atoms with Gasteiger partial charge in [-0.1, -0.05) is 31.2 Å². The third kappa shape index (κ3) is 3.11. The van der Waals surface area contributed by atoms with E-state index in [9.17, 15) is 9.59 Å². The van der Waals surface area contributed by atoms with Gasteiger partial charge < -0.3 is 19.4 Å². The molecule has 8 nitrogen and oxygen atoms in total. The summed E-state index contributed by atoms with van der Waals surface area (Å²) in [6.07, 6.45) is 2.22. The lowest BCUT2D eigenvalue weighted by Gasteiger charge is -2.19. The van der Waals surface area contributed by atoms with Crippen molar-refractivity contribution >= 4 is 27.7 Å². The lowest BCUT2D eigenvalue weighted by molar-refractivity contribution is -0.124. The highest BCUT2D eigenvalue weighted by molar-refractivity contribution is 6.08. The first-order valence-electron chi connectivity index (χ1n) is 10.2. The van der Waals surface area contributed by atoms with Gasteiger partial charge in [0.2, 0.25) is 12.7 Å². The van der Waals surface area contributed by atoms with Crippen LogP contribution in [0.15, 0.2) is 53.5 Å². The maximum atomic E-state index is 13.3. The van der Waals surface area contributed by atoms with Crippen molar-refractivity contribution in [2.24, 2.45) is 7.05 Å². The van der Waals surface area contributed by atoms with Gasteiger partial charge in [0.1, 0.15) is 11.6 Å². The molecule has 31 heavy (non-hydrogen) atoms. The SMILES string of the molecule is CC[C@H](C(=O)NCc1ccc2c(c1)OCO2)n1c2ccccc2c2cnn(C)c(=O)c21. The predicted molar refractivity (Wildman–Crippen MR) is 116 cm³/mol. The Morgan fingerprint density at radius 2 is 1.97 bits per heavy atom. The molecule has 1 N–H and O–H groups in total. The molecule has 1 aliphatic heterocycles. The molecule has 0 fully saturated rings. The van der Waals surface area contributed by atoms with Gasteiger partial charge in [0, 0.05) is 24.4 Å². The van der Waals surface area contributed by atoms with Crippen molar-refractivity contribution in [3.8, 4) is 11.5 Å². The first-order valence-corrected chi connectivity index (χ1v) is 10.2. The molecule has 1 atom stereocenters. The van der Waals surface area contributed by atoms with Gasteiger partial charge in [0.25, 0.3) is 5.56 Å². The second-order valence-corrected chi connectivity index (χ2v) is 7.55. The molecule has 2 aromatic heterocycles. The van der Waals surface area contributed by atoms with E-state index in [1.54, 1.807) is 13.2 Å². The first kappa shape index (κ1) is 19.2. The number of nitrogens with zero attached hydrogens (tertiary/aromatic N) is 3. The molecule has 1 amide bonds. The van der Waals surface area contributed by atoms with Gasteiger partial charge in [0.15, 0.2) is 11.5 Å². The molecule has 0 saturated heterocycles. The van der Waals surface area contributed by atoms with E-state index in [2.05, 4.69) is 10.4 Å². The van der Waals surface area contributed by atoms with E-state index in [1.807, 2.05) is 54.0 Å². The lowest BCUT2D eigenvalue weighted by atomic mass is 10.1. The Labute approximate surface area is 178 Å². The zero-order valence-corrected chi connectivity index (χ0v) is 17.3. The number of nitrogens with one attached hydrogen (secondary N) is 1. The molecular weight excluding hydrogens is 396 g/mol. The molecule has 0 bridgehead atoms. The number of carbonyl (C=O) groups is 1.